The number of unbranched alkanes of at least 4 members (excludes halogenated alkanes) is 1. The molecule has 2 atom stereocenters. The van der Waals surface area contributed by atoms with Gasteiger partial charge in [0.15, 0.2) is 0 Å². The van der Waals surface area contributed by atoms with Crippen LogP contribution in [0, 0.1) is 0 Å². The molecule has 0 saturated carbocycles. The van der Waals surface area contributed by atoms with Crippen molar-refractivity contribution in [1.82, 2.24) is 0 Å². The Morgan fingerprint density at radius 3 is 1.50 bits per heavy atom. The fourth-order valence-electron chi connectivity index (χ4n) is 0.807. The highest BCUT2D eigenvalue weighted by Gasteiger charge is 2.19. The van der Waals surface area contributed by atoms with Gasteiger partial charge in [-0.3, -0.25) is 14.4 Å². The first-order valence-corrected chi connectivity index (χ1v) is 7.50. The Hall–Kier alpha value is -1.75. The van der Waals surface area contributed by atoms with Gasteiger partial charge in [-0.1, -0.05) is 13.3 Å². The maximum absolute atomic E-state index is 10.1. The van der Waals surface area contributed by atoms with Gasteiger partial charge < -0.3 is 38.3 Å². The van der Waals surface area contributed by atoms with Crippen molar-refractivity contribution >= 4 is 17.9 Å². The largest absolute Gasteiger partial charge is 0.480 e. The van der Waals surface area contributed by atoms with Crippen molar-refractivity contribution in [2.24, 2.45) is 22.9 Å². The summed E-state index contributed by atoms with van der Waals surface area (Å²) in [7, 11) is 0. The summed E-state index contributed by atoms with van der Waals surface area (Å²) < 4.78 is 0. The number of carbonyl (C=O) groups is 3. The van der Waals surface area contributed by atoms with Crippen LogP contribution in [0.25, 0.3) is 0 Å². The number of nitrogens with two attached hydrogens (primary N) is 4. The third-order valence-electron chi connectivity index (χ3n) is 2.59. The van der Waals surface area contributed by atoms with Crippen molar-refractivity contribution < 1.29 is 29.7 Å². The van der Waals surface area contributed by atoms with Gasteiger partial charge >= 0.3 is 17.9 Å². The number of carboxylic acids is 3. The zero-order valence-corrected chi connectivity index (χ0v) is 14.6. The lowest BCUT2D eigenvalue weighted by atomic mass is 10.1. The van der Waals surface area contributed by atoms with E-state index in [2.05, 4.69) is 0 Å². The van der Waals surface area contributed by atoms with Gasteiger partial charge in [0.2, 0.25) is 0 Å². The van der Waals surface area contributed by atoms with Crippen LogP contribution in [0.15, 0.2) is 0 Å². The minimum Gasteiger partial charge on any atom is -0.480 e. The van der Waals surface area contributed by atoms with Gasteiger partial charge in [-0.2, -0.15) is 0 Å². The lowest BCUT2D eigenvalue weighted by Crippen LogP contribution is -2.41. The third-order valence-corrected chi connectivity index (χ3v) is 2.59. The summed E-state index contributed by atoms with van der Waals surface area (Å²) in [5.74, 6) is -2.84. The van der Waals surface area contributed by atoms with Gasteiger partial charge in [0.1, 0.15) is 17.6 Å². The van der Waals surface area contributed by atoms with Crippen LogP contribution >= 0.6 is 0 Å². The van der Waals surface area contributed by atoms with Crippen molar-refractivity contribution in [2.45, 2.75) is 64.1 Å². The molecule has 0 spiro atoms. The van der Waals surface area contributed by atoms with Crippen molar-refractivity contribution in [1.29, 1.82) is 0 Å². The Morgan fingerprint density at radius 2 is 1.33 bits per heavy atom. The number of hydrogen-bond donors (Lipinski definition) is 7. The van der Waals surface area contributed by atoms with Crippen LogP contribution in [0.5, 0.6) is 0 Å². The summed E-state index contributed by atoms with van der Waals surface area (Å²) in [5, 5.41) is 24.5. The van der Waals surface area contributed by atoms with Crippen molar-refractivity contribution in [3.63, 3.8) is 0 Å². The molecule has 0 aromatic carbocycles. The van der Waals surface area contributed by atoms with Gasteiger partial charge in [-0.15, -0.1) is 0 Å². The molecule has 0 aliphatic carbocycles. The Kier molecular flexibility index (Phi) is 16.7. The highest BCUT2D eigenvalue weighted by molar-refractivity contribution is 5.77. The molecular formula is C14H32N4O6. The molecule has 0 radical (unpaired) electrons. The summed E-state index contributed by atoms with van der Waals surface area (Å²) in [6, 6.07) is -1.40. The SMILES string of the molecule is CC(C)(N)C(=O)O.CCC(N)C(=O)O.NCCCC[C@H](N)C(=O)O. The lowest BCUT2D eigenvalue weighted by Gasteiger charge is -2.09. The Balaban J connectivity index is -0.000000283. The maximum Gasteiger partial charge on any atom is 0.323 e. The van der Waals surface area contributed by atoms with E-state index in [1.165, 1.54) is 13.8 Å². The van der Waals surface area contributed by atoms with Crippen molar-refractivity contribution in [3.8, 4) is 0 Å². The van der Waals surface area contributed by atoms with Gasteiger partial charge in [0.05, 0.1) is 0 Å². The van der Waals surface area contributed by atoms with Gasteiger partial charge in [-0.05, 0) is 39.7 Å². The number of hydrogen-bond acceptors (Lipinski definition) is 7. The normalized spacial score (nSPS) is 12.6. The summed E-state index contributed by atoms with van der Waals surface area (Å²) in [6.07, 6.45) is 2.66. The molecule has 11 N–H and O–H groups in total. The minimum absolute atomic E-state index is 0.495. The molecule has 10 heteroatoms. The van der Waals surface area contributed by atoms with E-state index < -0.39 is 35.5 Å². The van der Waals surface area contributed by atoms with E-state index in [1.807, 2.05) is 0 Å². The maximum atomic E-state index is 10.1. The molecule has 0 heterocycles. The third kappa shape index (κ3) is 20.2. The Morgan fingerprint density at radius 1 is 0.958 bits per heavy atom. The molecule has 0 aliphatic rings. The van der Waals surface area contributed by atoms with E-state index >= 15 is 0 Å². The number of rotatable bonds is 8. The molecule has 0 fully saturated rings. The second-order valence-corrected chi connectivity index (χ2v) is 5.61. The standard InChI is InChI=1S/C6H14N2O2.2C4H9NO2/c7-4-2-1-3-5(8)6(9)10;1-4(2,5)3(6)7;1-2-3(5)4(6)7/h5H,1-4,7-8H2,(H,9,10);5H2,1-2H3,(H,6,7);3H,2,5H2,1H3,(H,6,7)/t5-;;/m0../s1. The summed E-state index contributed by atoms with van der Waals surface area (Å²) >= 11 is 0. The Bertz CT molecular complexity index is 371. The molecule has 0 aliphatic heterocycles. The van der Waals surface area contributed by atoms with E-state index in [-0.39, 0.29) is 0 Å². The first kappa shape index (κ1) is 27.1. The van der Waals surface area contributed by atoms with E-state index in [0.29, 0.717) is 19.4 Å². The summed E-state index contributed by atoms with van der Waals surface area (Å²) in [5.41, 5.74) is 19.4. The minimum atomic E-state index is -1.08. The molecule has 0 aromatic rings. The lowest BCUT2D eigenvalue weighted by molar-refractivity contribution is -0.142. The second kappa shape index (κ2) is 14.8. The van der Waals surface area contributed by atoms with Gasteiger partial charge in [-0.25, -0.2) is 0 Å². The summed E-state index contributed by atoms with van der Waals surface area (Å²) in [4.78, 5) is 29.8. The predicted molar refractivity (Wildman–Crippen MR) is 90.3 cm³/mol. The van der Waals surface area contributed by atoms with Gasteiger partial charge in [0, 0.05) is 0 Å². The molecular weight excluding hydrogens is 320 g/mol. The molecule has 1 unspecified atom stereocenters. The first-order chi connectivity index (χ1) is 10.8. The molecule has 144 valence electrons. The van der Waals surface area contributed by atoms with Crippen LogP contribution in [0.4, 0.5) is 0 Å². The van der Waals surface area contributed by atoms with Crippen molar-refractivity contribution in [3.05, 3.63) is 0 Å². The molecule has 0 amide bonds. The molecule has 10 nitrogen and oxygen atoms in total. The average Bonchev–Trinajstić information content (AvgIpc) is 2.46. The van der Waals surface area contributed by atoms with E-state index in [1.54, 1.807) is 6.92 Å². The van der Waals surface area contributed by atoms with E-state index in [9.17, 15) is 14.4 Å². The van der Waals surface area contributed by atoms with Crippen LogP contribution in [-0.4, -0.2) is 57.4 Å². The van der Waals surface area contributed by atoms with Crippen LogP contribution in [0.3, 0.4) is 0 Å². The quantitative estimate of drug-likeness (QED) is 0.268. The fraction of sp³-hybridized carbons (Fsp3) is 0.786. The first-order valence-electron chi connectivity index (χ1n) is 7.50. The highest BCUT2D eigenvalue weighted by atomic mass is 16.4. The molecule has 0 bridgehead atoms. The van der Waals surface area contributed by atoms with Crippen LogP contribution in [-0.2, 0) is 14.4 Å². The number of carboxylic acid groups (broad SMARTS) is 3. The van der Waals surface area contributed by atoms with E-state index in [4.69, 9.17) is 38.3 Å². The molecule has 0 saturated heterocycles. The summed E-state index contributed by atoms with van der Waals surface area (Å²) in [6.45, 7) is 5.22. The predicted octanol–water partition coefficient (Wildman–Crippen LogP) is -0.856. The monoisotopic (exact) mass is 352 g/mol. The molecule has 24 heavy (non-hydrogen) atoms. The van der Waals surface area contributed by atoms with Gasteiger partial charge in [0.25, 0.3) is 0 Å². The zero-order valence-electron chi connectivity index (χ0n) is 14.6. The fourth-order valence-corrected chi connectivity index (χ4v) is 0.807. The Labute approximate surface area is 142 Å². The number of aliphatic carboxylic acids is 3. The van der Waals surface area contributed by atoms with Crippen LogP contribution < -0.4 is 22.9 Å². The average molecular weight is 352 g/mol. The topological polar surface area (TPSA) is 216 Å². The second-order valence-electron chi connectivity index (χ2n) is 5.61. The molecule has 0 aromatic heterocycles. The van der Waals surface area contributed by atoms with Crippen LogP contribution in [0.1, 0.15) is 46.5 Å². The smallest absolute Gasteiger partial charge is 0.323 e. The molecule has 0 rings (SSSR count). The van der Waals surface area contributed by atoms with E-state index in [0.717, 1.165) is 12.8 Å². The van der Waals surface area contributed by atoms with Crippen molar-refractivity contribution in [2.75, 3.05) is 6.54 Å². The zero-order chi connectivity index (χ0) is 19.9. The van der Waals surface area contributed by atoms with Crippen LogP contribution in [0.2, 0.25) is 0 Å². The highest BCUT2D eigenvalue weighted by Crippen LogP contribution is 1.97.